The molecule has 0 saturated carbocycles. The average molecular weight is 661 g/mol. The van der Waals surface area contributed by atoms with E-state index in [4.69, 9.17) is 4.42 Å². The molecule has 0 atom stereocenters. The van der Waals surface area contributed by atoms with Crippen molar-refractivity contribution in [2.75, 3.05) is 0 Å². The van der Waals surface area contributed by atoms with Crippen LogP contribution in [0.15, 0.2) is 162 Å². The van der Waals surface area contributed by atoms with Gasteiger partial charge in [-0.2, -0.15) is 0 Å². The van der Waals surface area contributed by atoms with Crippen molar-refractivity contribution >= 4 is 81.8 Å². The van der Waals surface area contributed by atoms with E-state index in [1.54, 1.807) is 0 Å². The van der Waals surface area contributed by atoms with E-state index in [9.17, 15) is 0 Å². The van der Waals surface area contributed by atoms with Gasteiger partial charge in [0, 0.05) is 55.2 Å². The lowest BCUT2D eigenvalue weighted by Gasteiger charge is -2.10. The first-order valence-corrected chi connectivity index (χ1v) is 18.1. The van der Waals surface area contributed by atoms with Crippen LogP contribution in [-0.4, -0.2) is 8.97 Å². The number of hydrogen-bond donors (Lipinski definition) is 0. The first-order chi connectivity index (χ1) is 25.8. The highest BCUT2D eigenvalue weighted by atomic mass is 16.3. The minimum absolute atomic E-state index is 0.927. The van der Waals surface area contributed by atoms with Gasteiger partial charge in [0.25, 0.3) is 0 Å². The highest BCUT2D eigenvalue weighted by molar-refractivity contribution is 6.29. The molecule has 4 aromatic heterocycles. The van der Waals surface area contributed by atoms with Gasteiger partial charge in [0.05, 0.1) is 27.6 Å². The van der Waals surface area contributed by atoms with E-state index in [1.807, 2.05) is 0 Å². The summed E-state index contributed by atoms with van der Waals surface area (Å²) in [5, 5.41) is 9.94. The fourth-order valence-corrected chi connectivity index (χ4v) is 9.67. The molecule has 8 aromatic carbocycles. The molecule has 0 amide bonds. The predicted molar refractivity (Wildman–Crippen MR) is 216 cm³/mol. The molecule has 4 heterocycles. The molecule has 1 aliphatic carbocycles. The molecule has 0 unspecified atom stereocenters. The SMILES string of the molecule is c1ccc2c(c1)Cc1c-2ccc2c3cc(-c4ccc(-n5c6ccccc6c6ccccc65)cc4)cc4c5ccc6c7ccccc7oc6c5n(c12)c34. The number of para-hydroxylation sites is 3. The Bertz CT molecular complexity index is 3430. The maximum absolute atomic E-state index is 6.76. The van der Waals surface area contributed by atoms with E-state index in [2.05, 4.69) is 167 Å². The smallest absolute Gasteiger partial charge is 0.160 e. The first kappa shape index (κ1) is 27.0. The fourth-order valence-electron chi connectivity index (χ4n) is 9.67. The molecule has 13 rings (SSSR count). The molecule has 1 aliphatic rings. The molecule has 0 aliphatic heterocycles. The van der Waals surface area contributed by atoms with E-state index in [0.717, 1.165) is 39.6 Å². The molecule has 12 aromatic rings. The van der Waals surface area contributed by atoms with Crippen LogP contribution in [0.1, 0.15) is 11.1 Å². The predicted octanol–water partition coefficient (Wildman–Crippen LogP) is 13.1. The number of furan rings is 1. The lowest BCUT2D eigenvalue weighted by molar-refractivity contribution is 0.671. The zero-order chi connectivity index (χ0) is 33.7. The molecule has 240 valence electrons. The molecule has 0 saturated heterocycles. The Morgan fingerprint density at radius 2 is 1.06 bits per heavy atom. The quantitative estimate of drug-likeness (QED) is 0.181. The topological polar surface area (TPSA) is 22.5 Å². The summed E-state index contributed by atoms with van der Waals surface area (Å²) in [7, 11) is 0. The Balaban J connectivity index is 1.10. The van der Waals surface area contributed by atoms with Crippen molar-refractivity contribution in [3.8, 4) is 27.9 Å². The summed E-state index contributed by atoms with van der Waals surface area (Å²) in [5.74, 6) is 0. The van der Waals surface area contributed by atoms with E-state index in [1.165, 1.54) is 87.8 Å². The Hall–Kier alpha value is -6.84. The van der Waals surface area contributed by atoms with Crippen LogP contribution in [0.2, 0.25) is 0 Å². The number of hydrogen-bond acceptors (Lipinski definition) is 1. The molecule has 3 nitrogen and oxygen atoms in total. The van der Waals surface area contributed by atoms with Crippen LogP contribution in [0.5, 0.6) is 0 Å². The monoisotopic (exact) mass is 660 g/mol. The summed E-state index contributed by atoms with van der Waals surface area (Å²) in [6.07, 6.45) is 0.928. The minimum atomic E-state index is 0.927. The van der Waals surface area contributed by atoms with Gasteiger partial charge < -0.3 is 13.4 Å². The second-order valence-electron chi connectivity index (χ2n) is 14.4. The van der Waals surface area contributed by atoms with Crippen LogP contribution >= 0.6 is 0 Å². The maximum Gasteiger partial charge on any atom is 0.160 e. The fraction of sp³-hybridized carbons (Fsp3) is 0.0204. The molecule has 52 heavy (non-hydrogen) atoms. The van der Waals surface area contributed by atoms with Gasteiger partial charge in [-0.25, -0.2) is 0 Å². The zero-order valence-electron chi connectivity index (χ0n) is 28.0. The lowest BCUT2D eigenvalue weighted by Crippen LogP contribution is -1.93. The summed E-state index contributed by atoms with van der Waals surface area (Å²) >= 11 is 0. The molecule has 0 N–H and O–H groups in total. The van der Waals surface area contributed by atoms with Gasteiger partial charge in [-0.1, -0.05) is 109 Å². The van der Waals surface area contributed by atoms with Gasteiger partial charge in [0.15, 0.2) is 5.58 Å². The number of rotatable bonds is 2. The van der Waals surface area contributed by atoms with Crippen LogP contribution in [0, 0.1) is 0 Å². The largest absolute Gasteiger partial charge is 0.454 e. The number of benzene rings is 8. The zero-order valence-corrected chi connectivity index (χ0v) is 28.0. The van der Waals surface area contributed by atoms with Crippen molar-refractivity contribution < 1.29 is 4.42 Å². The summed E-state index contributed by atoms with van der Waals surface area (Å²) in [5.41, 5.74) is 17.1. The second kappa shape index (κ2) is 9.48. The standard InChI is InChI=1S/C49H28N2O/c1-2-10-32-29(9-1)25-40-33(32)21-22-37-41-26-30(28-17-19-31(20-18-28)50-43-14-6-3-11-34(43)35-12-4-7-15-44(35)50)27-42-38-23-24-39-36-13-5-8-16-45(36)52-49(39)48(38)51(46(37)40)47(41)42/h1-24,26-27H,25H2. The van der Waals surface area contributed by atoms with Crippen LogP contribution in [0.3, 0.4) is 0 Å². The number of nitrogens with zero attached hydrogens (tertiary/aromatic N) is 2. The van der Waals surface area contributed by atoms with E-state index < -0.39 is 0 Å². The van der Waals surface area contributed by atoms with Gasteiger partial charge in [-0.3, -0.25) is 0 Å². The van der Waals surface area contributed by atoms with E-state index >= 15 is 0 Å². The van der Waals surface area contributed by atoms with E-state index in [0.29, 0.717) is 0 Å². The average Bonchev–Trinajstić information content (AvgIpc) is 4.00. The maximum atomic E-state index is 6.76. The summed E-state index contributed by atoms with van der Waals surface area (Å²) < 4.78 is 11.7. The van der Waals surface area contributed by atoms with Crippen molar-refractivity contribution in [1.29, 1.82) is 0 Å². The second-order valence-corrected chi connectivity index (χ2v) is 14.4. The molecule has 3 heteroatoms. The minimum Gasteiger partial charge on any atom is -0.454 e. The third kappa shape index (κ3) is 3.27. The van der Waals surface area contributed by atoms with Crippen LogP contribution < -0.4 is 0 Å². The van der Waals surface area contributed by atoms with E-state index in [-0.39, 0.29) is 0 Å². The third-order valence-electron chi connectivity index (χ3n) is 11.9. The van der Waals surface area contributed by atoms with Gasteiger partial charge in [-0.05, 0) is 81.9 Å². The van der Waals surface area contributed by atoms with Gasteiger partial charge >= 0.3 is 0 Å². The Morgan fingerprint density at radius 1 is 0.423 bits per heavy atom. The summed E-state index contributed by atoms with van der Waals surface area (Å²) in [6, 6.07) is 58.0. The van der Waals surface area contributed by atoms with Gasteiger partial charge in [-0.15, -0.1) is 0 Å². The highest BCUT2D eigenvalue weighted by Crippen LogP contribution is 2.49. The highest BCUT2D eigenvalue weighted by Gasteiger charge is 2.28. The molecule has 0 spiro atoms. The molecule has 0 bridgehead atoms. The lowest BCUT2D eigenvalue weighted by atomic mass is 9.97. The van der Waals surface area contributed by atoms with Crippen LogP contribution in [-0.2, 0) is 6.42 Å². The van der Waals surface area contributed by atoms with Crippen molar-refractivity contribution in [2.24, 2.45) is 0 Å². The Labute approximate surface area is 297 Å². The molecule has 0 fully saturated rings. The van der Waals surface area contributed by atoms with Crippen molar-refractivity contribution in [2.45, 2.75) is 6.42 Å². The van der Waals surface area contributed by atoms with Crippen LogP contribution in [0.25, 0.3) is 110 Å². The molecule has 0 radical (unpaired) electrons. The van der Waals surface area contributed by atoms with Crippen molar-refractivity contribution in [3.63, 3.8) is 0 Å². The first-order valence-electron chi connectivity index (χ1n) is 18.1. The van der Waals surface area contributed by atoms with Crippen LogP contribution in [0.4, 0.5) is 0 Å². The summed E-state index contributed by atoms with van der Waals surface area (Å²) in [4.78, 5) is 0. The third-order valence-corrected chi connectivity index (χ3v) is 11.9. The Morgan fingerprint density at radius 3 is 1.85 bits per heavy atom. The summed E-state index contributed by atoms with van der Waals surface area (Å²) in [6.45, 7) is 0. The molecular weight excluding hydrogens is 633 g/mol. The molecular formula is C49H28N2O. The normalized spacial score (nSPS) is 12.9. The Kier molecular flexibility index (Phi) is 4.91. The number of aromatic nitrogens is 2. The van der Waals surface area contributed by atoms with Crippen molar-refractivity contribution in [3.05, 3.63) is 169 Å². The van der Waals surface area contributed by atoms with Gasteiger partial charge in [0.2, 0.25) is 0 Å². The number of fused-ring (bicyclic) bond motifs is 17. The van der Waals surface area contributed by atoms with Crippen molar-refractivity contribution in [1.82, 2.24) is 8.97 Å². The van der Waals surface area contributed by atoms with Gasteiger partial charge in [0.1, 0.15) is 5.58 Å².